The number of nitrogens with one attached hydrogen (secondary N) is 2. The predicted octanol–water partition coefficient (Wildman–Crippen LogP) is 2.82. The lowest BCUT2D eigenvalue weighted by atomic mass is 10.1. The van der Waals surface area contributed by atoms with Crippen molar-refractivity contribution in [1.82, 2.24) is 0 Å². The number of carbonyl (C=O) groups is 3. The second kappa shape index (κ2) is 8.75. The molecule has 136 valence electrons. The summed E-state index contributed by atoms with van der Waals surface area (Å²) in [6, 6.07) is 11.1. The number of hydrogen-bond donors (Lipinski definition) is 2. The largest absolute Gasteiger partial charge is 0.455 e. The molecule has 2 aromatic carbocycles. The first-order chi connectivity index (χ1) is 12.3. The molecule has 0 aliphatic carbocycles. The standard InChI is InChI=1S/C19H19FN2O4/c1-12-3-8-17(16(20)9-12)22-18(24)11-26-19(25)10-14-4-6-15(7-5-14)21-13(2)23/h3-9H,10-11H2,1-2H3,(H,21,23)(H,22,24). The summed E-state index contributed by atoms with van der Waals surface area (Å²) in [6.45, 7) is 2.63. The van der Waals surface area contributed by atoms with Crippen LogP contribution in [0.3, 0.4) is 0 Å². The minimum absolute atomic E-state index is 0.0213. The molecular formula is C19H19FN2O4. The first kappa shape index (κ1) is 19.1. The zero-order valence-electron chi connectivity index (χ0n) is 14.5. The minimum atomic E-state index is -0.623. The second-order valence-corrected chi connectivity index (χ2v) is 5.75. The van der Waals surface area contributed by atoms with Gasteiger partial charge in [0.15, 0.2) is 6.61 Å². The number of esters is 1. The van der Waals surface area contributed by atoms with Gasteiger partial charge in [0.05, 0.1) is 12.1 Å². The lowest BCUT2D eigenvalue weighted by Crippen LogP contribution is -2.22. The van der Waals surface area contributed by atoms with Gasteiger partial charge in [0.1, 0.15) is 5.82 Å². The van der Waals surface area contributed by atoms with Crippen LogP contribution in [0.4, 0.5) is 15.8 Å². The van der Waals surface area contributed by atoms with Crippen LogP contribution in [-0.2, 0) is 25.5 Å². The Kier molecular flexibility index (Phi) is 6.43. The van der Waals surface area contributed by atoms with E-state index in [4.69, 9.17) is 4.74 Å². The van der Waals surface area contributed by atoms with E-state index in [0.29, 0.717) is 11.3 Å². The summed E-state index contributed by atoms with van der Waals surface area (Å²) in [5.74, 6) is -1.95. The Balaban J connectivity index is 1.80. The van der Waals surface area contributed by atoms with Gasteiger partial charge >= 0.3 is 5.97 Å². The van der Waals surface area contributed by atoms with Crippen LogP contribution in [0.5, 0.6) is 0 Å². The maximum atomic E-state index is 13.7. The molecule has 0 heterocycles. The van der Waals surface area contributed by atoms with E-state index < -0.39 is 24.3 Å². The first-order valence-corrected chi connectivity index (χ1v) is 7.91. The molecule has 2 amide bonds. The third-order valence-corrected chi connectivity index (χ3v) is 3.39. The van der Waals surface area contributed by atoms with Crippen LogP contribution in [0.2, 0.25) is 0 Å². The Labute approximate surface area is 150 Å². The molecule has 0 radical (unpaired) electrons. The van der Waals surface area contributed by atoms with Crippen LogP contribution in [0.25, 0.3) is 0 Å². The van der Waals surface area contributed by atoms with Gasteiger partial charge in [-0.2, -0.15) is 0 Å². The number of halogens is 1. The van der Waals surface area contributed by atoms with Crippen LogP contribution < -0.4 is 10.6 Å². The smallest absolute Gasteiger partial charge is 0.310 e. The number of ether oxygens (including phenoxy) is 1. The Morgan fingerprint density at radius 2 is 1.73 bits per heavy atom. The third-order valence-electron chi connectivity index (χ3n) is 3.39. The summed E-state index contributed by atoms with van der Waals surface area (Å²) in [5.41, 5.74) is 2.06. The summed E-state index contributed by atoms with van der Waals surface area (Å²) in [5, 5.41) is 4.97. The summed E-state index contributed by atoms with van der Waals surface area (Å²) in [7, 11) is 0. The molecule has 6 nitrogen and oxygen atoms in total. The topological polar surface area (TPSA) is 84.5 Å². The van der Waals surface area contributed by atoms with Crippen molar-refractivity contribution in [3.8, 4) is 0 Å². The van der Waals surface area contributed by atoms with Gasteiger partial charge in [0.2, 0.25) is 5.91 Å². The predicted molar refractivity (Wildman–Crippen MR) is 95.2 cm³/mol. The van der Waals surface area contributed by atoms with Gasteiger partial charge in [-0.1, -0.05) is 18.2 Å². The number of aryl methyl sites for hydroxylation is 1. The molecule has 26 heavy (non-hydrogen) atoms. The highest BCUT2D eigenvalue weighted by molar-refractivity contribution is 5.93. The highest BCUT2D eigenvalue weighted by atomic mass is 19.1. The number of rotatable bonds is 6. The van der Waals surface area contributed by atoms with E-state index >= 15 is 0 Å². The third kappa shape index (κ3) is 6.01. The first-order valence-electron chi connectivity index (χ1n) is 7.91. The van der Waals surface area contributed by atoms with Gasteiger partial charge in [-0.3, -0.25) is 14.4 Å². The molecule has 0 spiro atoms. The van der Waals surface area contributed by atoms with Crippen molar-refractivity contribution in [2.75, 3.05) is 17.2 Å². The second-order valence-electron chi connectivity index (χ2n) is 5.75. The number of carbonyl (C=O) groups excluding carboxylic acids is 3. The fraction of sp³-hybridized carbons (Fsp3) is 0.211. The summed E-state index contributed by atoms with van der Waals surface area (Å²) < 4.78 is 18.6. The van der Waals surface area contributed by atoms with Crippen LogP contribution in [0.15, 0.2) is 42.5 Å². The van der Waals surface area contributed by atoms with Crippen molar-refractivity contribution < 1.29 is 23.5 Å². The lowest BCUT2D eigenvalue weighted by Gasteiger charge is -2.08. The normalized spacial score (nSPS) is 10.1. The number of benzene rings is 2. The highest BCUT2D eigenvalue weighted by Gasteiger charge is 2.11. The molecule has 0 aliphatic rings. The van der Waals surface area contributed by atoms with E-state index in [-0.39, 0.29) is 18.0 Å². The number of hydrogen-bond acceptors (Lipinski definition) is 4. The van der Waals surface area contributed by atoms with E-state index in [1.165, 1.54) is 19.1 Å². The zero-order chi connectivity index (χ0) is 19.1. The van der Waals surface area contributed by atoms with Crippen LogP contribution in [-0.4, -0.2) is 24.4 Å². The number of amides is 2. The van der Waals surface area contributed by atoms with Crippen molar-refractivity contribution in [1.29, 1.82) is 0 Å². The Morgan fingerprint density at radius 3 is 2.35 bits per heavy atom. The molecule has 0 saturated heterocycles. The average molecular weight is 358 g/mol. The summed E-state index contributed by atoms with van der Waals surface area (Å²) >= 11 is 0. The van der Waals surface area contributed by atoms with Crippen LogP contribution >= 0.6 is 0 Å². The molecule has 2 aromatic rings. The van der Waals surface area contributed by atoms with Gasteiger partial charge in [-0.05, 0) is 42.3 Å². The van der Waals surface area contributed by atoms with Gasteiger partial charge in [0.25, 0.3) is 5.91 Å². The quantitative estimate of drug-likeness (QED) is 0.778. The molecule has 2 rings (SSSR count). The van der Waals surface area contributed by atoms with Crippen molar-refractivity contribution in [3.05, 3.63) is 59.4 Å². The minimum Gasteiger partial charge on any atom is -0.455 e. The number of anilines is 2. The van der Waals surface area contributed by atoms with Gasteiger partial charge in [-0.15, -0.1) is 0 Å². The average Bonchev–Trinajstić information content (AvgIpc) is 2.57. The SMILES string of the molecule is CC(=O)Nc1ccc(CC(=O)OCC(=O)Nc2ccc(C)cc2F)cc1. The van der Waals surface area contributed by atoms with Gasteiger partial charge in [0, 0.05) is 12.6 Å². The van der Waals surface area contributed by atoms with E-state index in [0.717, 1.165) is 5.56 Å². The van der Waals surface area contributed by atoms with E-state index in [9.17, 15) is 18.8 Å². The van der Waals surface area contributed by atoms with Crippen molar-refractivity contribution in [3.63, 3.8) is 0 Å². The fourth-order valence-electron chi connectivity index (χ4n) is 2.18. The monoisotopic (exact) mass is 358 g/mol. The maximum Gasteiger partial charge on any atom is 0.310 e. The lowest BCUT2D eigenvalue weighted by molar-refractivity contribution is -0.146. The molecule has 0 atom stereocenters. The molecule has 2 N–H and O–H groups in total. The van der Waals surface area contributed by atoms with Crippen LogP contribution in [0, 0.1) is 12.7 Å². The Bertz CT molecular complexity index is 819. The van der Waals surface area contributed by atoms with Gasteiger partial charge in [-0.25, -0.2) is 4.39 Å². The molecular weight excluding hydrogens is 339 g/mol. The molecule has 0 saturated carbocycles. The molecule has 0 bridgehead atoms. The summed E-state index contributed by atoms with van der Waals surface area (Å²) in [6.07, 6.45) is -0.0213. The Morgan fingerprint density at radius 1 is 1.04 bits per heavy atom. The maximum absolute atomic E-state index is 13.7. The van der Waals surface area contributed by atoms with Gasteiger partial charge < -0.3 is 15.4 Å². The van der Waals surface area contributed by atoms with Crippen LogP contribution in [0.1, 0.15) is 18.1 Å². The molecule has 0 unspecified atom stereocenters. The summed E-state index contributed by atoms with van der Waals surface area (Å²) in [4.78, 5) is 34.5. The molecule has 0 aliphatic heterocycles. The highest BCUT2D eigenvalue weighted by Crippen LogP contribution is 2.15. The molecule has 7 heteroatoms. The molecule has 0 fully saturated rings. The van der Waals surface area contributed by atoms with E-state index in [2.05, 4.69) is 10.6 Å². The molecule has 0 aromatic heterocycles. The van der Waals surface area contributed by atoms with E-state index in [1.807, 2.05) is 0 Å². The van der Waals surface area contributed by atoms with E-state index in [1.54, 1.807) is 37.3 Å². The zero-order valence-corrected chi connectivity index (χ0v) is 14.5. The van der Waals surface area contributed by atoms with Crippen molar-refractivity contribution in [2.24, 2.45) is 0 Å². The van der Waals surface area contributed by atoms with Crippen molar-refractivity contribution in [2.45, 2.75) is 20.3 Å². The Hall–Kier alpha value is -3.22. The van der Waals surface area contributed by atoms with Crippen molar-refractivity contribution >= 4 is 29.2 Å². The fourth-order valence-corrected chi connectivity index (χ4v) is 2.18.